The Balaban J connectivity index is 2.08. The van der Waals surface area contributed by atoms with Crippen molar-refractivity contribution in [2.45, 2.75) is 46.0 Å². The van der Waals surface area contributed by atoms with Crippen LogP contribution in [-0.2, 0) is 11.8 Å². The molecule has 0 aliphatic heterocycles. The van der Waals surface area contributed by atoms with Crippen molar-refractivity contribution in [1.82, 2.24) is 0 Å². The van der Waals surface area contributed by atoms with Gasteiger partial charge in [0.15, 0.2) is 0 Å². The summed E-state index contributed by atoms with van der Waals surface area (Å²) in [5, 5.41) is 5.59. The van der Waals surface area contributed by atoms with Gasteiger partial charge in [0, 0.05) is 0 Å². The number of fused-ring (bicyclic) bond motifs is 5. The van der Waals surface area contributed by atoms with Crippen molar-refractivity contribution >= 4 is 21.5 Å². The van der Waals surface area contributed by atoms with Crippen molar-refractivity contribution in [2.75, 3.05) is 0 Å². The number of rotatable bonds is 0. The highest BCUT2D eigenvalue weighted by atomic mass is 14.5. The highest BCUT2D eigenvalue weighted by molar-refractivity contribution is 6.08. The van der Waals surface area contributed by atoms with Crippen molar-refractivity contribution in [3.05, 3.63) is 59.7 Å². The topological polar surface area (TPSA) is 0 Å². The maximum atomic E-state index is 2.42. The lowest BCUT2D eigenvalue weighted by Gasteiger charge is -2.47. The predicted octanol–water partition coefficient (Wildman–Crippen LogP) is 6.24. The van der Waals surface area contributed by atoms with Crippen LogP contribution < -0.4 is 0 Å². The number of benzene rings is 3. The van der Waals surface area contributed by atoms with E-state index in [1.54, 1.807) is 11.1 Å². The molecule has 0 saturated heterocycles. The monoisotopic (exact) mass is 288 g/mol. The molecule has 0 spiro atoms. The van der Waals surface area contributed by atoms with Crippen LogP contribution in [0.4, 0.5) is 0 Å². The van der Waals surface area contributed by atoms with E-state index in [0.29, 0.717) is 5.41 Å². The average Bonchev–Trinajstić information content (AvgIpc) is 2.50. The molecule has 0 aromatic heterocycles. The maximum Gasteiger partial charge on any atom is -0.00494 e. The van der Waals surface area contributed by atoms with Crippen molar-refractivity contribution in [1.29, 1.82) is 0 Å². The Kier molecular flexibility index (Phi) is 2.73. The molecule has 0 saturated carbocycles. The van der Waals surface area contributed by atoms with Crippen LogP contribution in [0.25, 0.3) is 21.5 Å². The first-order valence-corrected chi connectivity index (χ1v) is 8.36. The molecule has 0 N–H and O–H groups in total. The molecule has 0 bridgehead atoms. The molecule has 0 unspecified atom stereocenters. The summed E-state index contributed by atoms with van der Waals surface area (Å²) in [6.07, 6.45) is 2.46. The van der Waals surface area contributed by atoms with Gasteiger partial charge in [0.25, 0.3) is 0 Å². The Morgan fingerprint density at radius 2 is 1.45 bits per heavy atom. The van der Waals surface area contributed by atoms with E-state index in [4.69, 9.17) is 0 Å². The van der Waals surface area contributed by atoms with Crippen LogP contribution in [0.15, 0.2) is 48.5 Å². The molecule has 112 valence electrons. The molecule has 0 heterocycles. The van der Waals surface area contributed by atoms with Gasteiger partial charge < -0.3 is 0 Å². The smallest absolute Gasteiger partial charge is 0.00494 e. The quantitative estimate of drug-likeness (QED) is 0.429. The molecule has 1 aliphatic carbocycles. The van der Waals surface area contributed by atoms with Crippen LogP contribution in [0.2, 0.25) is 0 Å². The van der Waals surface area contributed by atoms with E-state index in [2.05, 4.69) is 76.2 Å². The molecule has 0 fully saturated rings. The lowest BCUT2D eigenvalue weighted by molar-refractivity contribution is 0.166. The lowest BCUT2D eigenvalue weighted by atomic mass is 9.57. The Bertz CT molecular complexity index is 881. The molecule has 3 aromatic carbocycles. The highest BCUT2D eigenvalue weighted by Gasteiger charge is 2.42. The summed E-state index contributed by atoms with van der Waals surface area (Å²) in [7, 11) is 0. The van der Waals surface area contributed by atoms with Gasteiger partial charge in [-0.25, -0.2) is 0 Å². The highest BCUT2D eigenvalue weighted by Crippen LogP contribution is 2.51. The van der Waals surface area contributed by atoms with Crippen molar-refractivity contribution in [2.24, 2.45) is 5.41 Å². The minimum absolute atomic E-state index is 0.223. The first kappa shape index (κ1) is 13.8. The van der Waals surface area contributed by atoms with Crippen molar-refractivity contribution < 1.29 is 0 Å². The summed E-state index contributed by atoms with van der Waals surface area (Å²) < 4.78 is 0. The van der Waals surface area contributed by atoms with E-state index in [9.17, 15) is 0 Å². The Morgan fingerprint density at radius 3 is 2.27 bits per heavy atom. The van der Waals surface area contributed by atoms with Gasteiger partial charge in [-0.2, -0.15) is 0 Å². The fourth-order valence-electron chi connectivity index (χ4n) is 4.12. The fourth-order valence-corrected chi connectivity index (χ4v) is 4.12. The third-order valence-electron chi connectivity index (χ3n) is 6.40. The summed E-state index contributed by atoms with van der Waals surface area (Å²) in [5.74, 6) is 0. The van der Waals surface area contributed by atoms with Gasteiger partial charge >= 0.3 is 0 Å². The molecule has 0 heteroatoms. The van der Waals surface area contributed by atoms with Crippen LogP contribution in [0.5, 0.6) is 0 Å². The minimum Gasteiger partial charge on any atom is -0.0616 e. The molecule has 0 radical (unpaired) electrons. The maximum absolute atomic E-state index is 2.42. The fraction of sp³-hybridized carbons (Fsp3) is 0.364. The standard InChI is InChI=1S/C22H24/c1-21(2)14-13-19-18-10-9-15-7-5-6-8-16(15)17(18)11-12-20(19)22(21,3)4/h5-12H,13-14H2,1-4H3. The summed E-state index contributed by atoms with van der Waals surface area (Å²) in [6.45, 7) is 9.66. The molecule has 22 heavy (non-hydrogen) atoms. The summed E-state index contributed by atoms with van der Waals surface area (Å²) in [5.41, 5.74) is 3.70. The second kappa shape index (κ2) is 4.35. The third-order valence-corrected chi connectivity index (χ3v) is 6.40. The normalized spacial score (nSPS) is 19.3. The molecule has 3 aromatic rings. The second-order valence-corrected chi connectivity index (χ2v) is 7.98. The zero-order chi connectivity index (χ0) is 15.5. The van der Waals surface area contributed by atoms with E-state index in [1.165, 1.54) is 34.4 Å². The minimum atomic E-state index is 0.223. The van der Waals surface area contributed by atoms with Gasteiger partial charge in [-0.1, -0.05) is 76.2 Å². The number of hydrogen-bond acceptors (Lipinski definition) is 0. The van der Waals surface area contributed by atoms with Gasteiger partial charge in [-0.05, 0) is 56.3 Å². The Labute approximate surface area is 133 Å². The predicted molar refractivity (Wildman–Crippen MR) is 96.6 cm³/mol. The van der Waals surface area contributed by atoms with E-state index in [1.807, 2.05) is 0 Å². The van der Waals surface area contributed by atoms with Gasteiger partial charge in [-0.15, -0.1) is 0 Å². The summed E-state index contributed by atoms with van der Waals surface area (Å²) >= 11 is 0. The van der Waals surface area contributed by atoms with Crippen LogP contribution in [-0.4, -0.2) is 0 Å². The number of hydrogen-bond donors (Lipinski definition) is 0. The van der Waals surface area contributed by atoms with E-state index >= 15 is 0 Å². The molecule has 0 amide bonds. The Morgan fingerprint density at radius 1 is 0.727 bits per heavy atom. The van der Waals surface area contributed by atoms with Gasteiger partial charge in [0.05, 0.1) is 0 Å². The zero-order valence-electron chi connectivity index (χ0n) is 14.0. The van der Waals surface area contributed by atoms with Gasteiger partial charge in [-0.3, -0.25) is 0 Å². The van der Waals surface area contributed by atoms with E-state index < -0.39 is 0 Å². The SMILES string of the molecule is CC1(C)CCc2c(ccc3c2ccc2ccccc23)C1(C)C. The van der Waals surface area contributed by atoms with Crippen LogP contribution in [0.1, 0.15) is 45.2 Å². The molecular weight excluding hydrogens is 264 g/mol. The average molecular weight is 288 g/mol. The van der Waals surface area contributed by atoms with Crippen molar-refractivity contribution in [3.63, 3.8) is 0 Å². The van der Waals surface area contributed by atoms with Gasteiger partial charge in [0.1, 0.15) is 0 Å². The van der Waals surface area contributed by atoms with Crippen LogP contribution >= 0.6 is 0 Å². The lowest BCUT2D eigenvalue weighted by Crippen LogP contribution is -2.41. The van der Waals surface area contributed by atoms with E-state index in [-0.39, 0.29) is 5.41 Å². The van der Waals surface area contributed by atoms with E-state index in [0.717, 1.165) is 0 Å². The molecule has 4 rings (SSSR count). The number of aryl methyl sites for hydroxylation is 1. The molecule has 0 nitrogen and oxygen atoms in total. The first-order valence-electron chi connectivity index (χ1n) is 8.36. The molecular formula is C22H24. The third kappa shape index (κ3) is 1.70. The zero-order valence-corrected chi connectivity index (χ0v) is 14.0. The summed E-state index contributed by atoms with van der Waals surface area (Å²) in [4.78, 5) is 0. The van der Waals surface area contributed by atoms with Crippen LogP contribution in [0.3, 0.4) is 0 Å². The van der Waals surface area contributed by atoms with Crippen molar-refractivity contribution in [3.8, 4) is 0 Å². The summed E-state index contributed by atoms with van der Waals surface area (Å²) in [6, 6.07) is 18.1. The Hall–Kier alpha value is -1.82. The first-order chi connectivity index (χ1) is 10.4. The second-order valence-electron chi connectivity index (χ2n) is 7.98. The van der Waals surface area contributed by atoms with Gasteiger partial charge in [0.2, 0.25) is 0 Å². The molecule has 0 atom stereocenters. The molecule has 1 aliphatic rings. The van der Waals surface area contributed by atoms with Crippen LogP contribution in [0, 0.1) is 5.41 Å². The largest absolute Gasteiger partial charge is 0.0616 e.